The molecule has 1 saturated heterocycles. The van der Waals surface area contributed by atoms with Crippen LogP contribution in [0.5, 0.6) is 0 Å². The number of carbonyl (C=O) groups is 1. The van der Waals surface area contributed by atoms with Crippen LogP contribution in [0.25, 0.3) is 11.3 Å². The number of thiocarbonyl (C=S) groups is 1. The molecule has 0 spiro atoms. The number of hydrogen-bond donors (Lipinski definition) is 2. The maximum Gasteiger partial charge on any atom is 0.226 e. The molecule has 5 rings (SSSR count). The summed E-state index contributed by atoms with van der Waals surface area (Å²) in [5, 5.41) is 7.61. The van der Waals surface area contributed by atoms with Gasteiger partial charge in [0.2, 0.25) is 5.91 Å². The Hall–Kier alpha value is -3.68. The Morgan fingerprint density at radius 2 is 1.89 bits per heavy atom. The van der Waals surface area contributed by atoms with Gasteiger partial charge in [0.05, 0.1) is 11.7 Å². The average Bonchev–Trinajstić information content (AvgIpc) is 3.50. The third-order valence-electron chi connectivity index (χ3n) is 6.58. The highest BCUT2D eigenvalue weighted by molar-refractivity contribution is 7.80. The van der Waals surface area contributed by atoms with Crippen LogP contribution in [0.15, 0.2) is 83.4 Å². The fraction of sp³-hybridized carbons (Fsp3) is 0.207. The number of aryl methyl sites for hydroxylation is 2. The number of pyridine rings is 1. The van der Waals surface area contributed by atoms with Crippen LogP contribution in [0.3, 0.4) is 0 Å². The number of nitrogens with zero attached hydrogens (tertiary/aromatic N) is 2. The van der Waals surface area contributed by atoms with Crippen LogP contribution >= 0.6 is 23.8 Å². The minimum Gasteiger partial charge on any atom is -0.459 e. The van der Waals surface area contributed by atoms with Crippen molar-refractivity contribution >= 4 is 40.5 Å². The van der Waals surface area contributed by atoms with Crippen LogP contribution in [-0.4, -0.2) is 27.4 Å². The molecule has 2 atom stereocenters. The smallest absolute Gasteiger partial charge is 0.226 e. The largest absolute Gasteiger partial charge is 0.459 e. The molecule has 2 aromatic carbocycles. The molecule has 0 bridgehead atoms. The first-order chi connectivity index (χ1) is 17.9. The molecule has 1 aliphatic rings. The first-order valence-electron chi connectivity index (χ1n) is 12.1. The van der Waals surface area contributed by atoms with Crippen LogP contribution in [0.1, 0.15) is 41.1 Å². The van der Waals surface area contributed by atoms with Crippen LogP contribution in [0.2, 0.25) is 5.02 Å². The summed E-state index contributed by atoms with van der Waals surface area (Å²) in [7, 11) is 0. The third-order valence-corrected chi connectivity index (χ3v) is 7.17. The van der Waals surface area contributed by atoms with E-state index in [1.54, 1.807) is 6.20 Å². The maximum absolute atomic E-state index is 12.8. The zero-order valence-electron chi connectivity index (χ0n) is 20.6. The van der Waals surface area contributed by atoms with E-state index >= 15 is 0 Å². The van der Waals surface area contributed by atoms with Crippen molar-refractivity contribution in [2.45, 2.75) is 32.4 Å². The average molecular weight is 531 g/mol. The molecule has 0 unspecified atom stereocenters. The van der Waals surface area contributed by atoms with Crippen molar-refractivity contribution in [2.24, 2.45) is 0 Å². The molecule has 2 N–H and O–H groups in total. The van der Waals surface area contributed by atoms with Gasteiger partial charge < -0.3 is 20.0 Å². The predicted octanol–water partition coefficient (Wildman–Crippen LogP) is 6.61. The molecule has 1 amide bonds. The standard InChI is InChI=1S/C29H27ClN4O2S/c1-18-10-11-20(30)17-21(18)24-12-13-25(36-24)28-27(23-9-5-6-15-31-23)33-29(37)34(28)16-14-26(35)32-22-8-4-3-7-19(22)2/h3-13,15,17,27-28H,14,16H2,1-2H3,(H,32,35)(H,33,37)/t27-,28+/m1/s1. The summed E-state index contributed by atoms with van der Waals surface area (Å²) in [4.78, 5) is 19.4. The van der Waals surface area contributed by atoms with E-state index in [1.807, 2.05) is 91.5 Å². The Morgan fingerprint density at radius 1 is 1.08 bits per heavy atom. The number of hydrogen-bond acceptors (Lipinski definition) is 4. The number of halogens is 1. The van der Waals surface area contributed by atoms with Gasteiger partial charge in [0.1, 0.15) is 17.6 Å². The molecule has 1 fully saturated rings. The number of furan rings is 1. The zero-order valence-corrected chi connectivity index (χ0v) is 22.1. The van der Waals surface area contributed by atoms with E-state index < -0.39 is 0 Å². The molecule has 0 aliphatic carbocycles. The Bertz CT molecular complexity index is 1440. The van der Waals surface area contributed by atoms with Crippen molar-refractivity contribution in [3.63, 3.8) is 0 Å². The lowest BCUT2D eigenvalue weighted by Crippen LogP contribution is -2.32. The topological polar surface area (TPSA) is 70.4 Å². The van der Waals surface area contributed by atoms with Gasteiger partial charge in [-0.25, -0.2) is 0 Å². The zero-order chi connectivity index (χ0) is 25.9. The minimum absolute atomic E-state index is 0.0770. The SMILES string of the molecule is Cc1ccccc1NC(=O)CCN1C(=S)N[C@H](c2ccccn2)[C@@H]1c1ccc(-c2cc(Cl)ccc2C)o1. The highest BCUT2D eigenvalue weighted by atomic mass is 35.5. The van der Waals surface area contributed by atoms with Crippen LogP contribution < -0.4 is 10.6 Å². The summed E-state index contributed by atoms with van der Waals surface area (Å²) in [5.74, 6) is 1.38. The number of amides is 1. The molecular formula is C29H27ClN4O2S. The van der Waals surface area contributed by atoms with E-state index in [-0.39, 0.29) is 24.4 Å². The highest BCUT2D eigenvalue weighted by Crippen LogP contribution is 2.41. The fourth-order valence-electron chi connectivity index (χ4n) is 4.62. The van der Waals surface area contributed by atoms with Crippen molar-refractivity contribution in [1.29, 1.82) is 0 Å². The summed E-state index contributed by atoms with van der Waals surface area (Å²) in [6.45, 7) is 4.42. The van der Waals surface area contributed by atoms with Crippen molar-refractivity contribution in [3.8, 4) is 11.3 Å². The van der Waals surface area contributed by atoms with Crippen LogP contribution in [-0.2, 0) is 4.79 Å². The van der Waals surface area contributed by atoms with Crippen molar-refractivity contribution in [1.82, 2.24) is 15.2 Å². The van der Waals surface area contributed by atoms with Crippen molar-refractivity contribution in [2.75, 3.05) is 11.9 Å². The number of carbonyl (C=O) groups excluding carboxylic acids is 1. The Labute approximate surface area is 226 Å². The van der Waals surface area contributed by atoms with E-state index in [4.69, 9.17) is 28.2 Å². The van der Waals surface area contributed by atoms with E-state index in [0.29, 0.717) is 16.7 Å². The number of nitrogens with one attached hydrogen (secondary N) is 2. The van der Waals surface area contributed by atoms with E-state index in [9.17, 15) is 4.79 Å². The van der Waals surface area contributed by atoms with Gasteiger partial charge in [-0.2, -0.15) is 0 Å². The number of benzene rings is 2. The summed E-state index contributed by atoms with van der Waals surface area (Å²) in [6, 6.07) is 22.7. The van der Waals surface area contributed by atoms with Crippen molar-refractivity contribution in [3.05, 3.63) is 107 Å². The Morgan fingerprint density at radius 3 is 2.68 bits per heavy atom. The van der Waals surface area contributed by atoms with Gasteiger partial charge >= 0.3 is 0 Å². The predicted molar refractivity (Wildman–Crippen MR) is 150 cm³/mol. The summed E-state index contributed by atoms with van der Waals surface area (Å²) < 4.78 is 6.41. The Kier molecular flexibility index (Phi) is 7.26. The van der Waals surface area contributed by atoms with Crippen molar-refractivity contribution < 1.29 is 9.21 Å². The summed E-state index contributed by atoms with van der Waals surface area (Å²) >= 11 is 12.0. The second-order valence-electron chi connectivity index (χ2n) is 9.09. The van der Waals surface area contributed by atoms with Gasteiger partial charge in [0, 0.05) is 35.4 Å². The van der Waals surface area contributed by atoms with Gasteiger partial charge in [0.25, 0.3) is 0 Å². The molecule has 3 heterocycles. The van der Waals surface area contributed by atoms with E-state index in [0.717, 1.165) is 39.6 Å². The molecule has 188 valence electrons. The number of para-hydroxylation sites is 1. The third kappa shape index (κ3) is 5.38. The molecule has 37 heavy (non-hydrogen) atoms. The first-order valence-corrected chi connectivity index (χ1v) is 12.9. The maximum atomic E-state index is 12.8. The first kappa shape index (κ1) is 25.0. The van der Waals surface area contributed by atoms with Gasteiger partial charge in [-0.05, 0) is 79.7 Å². The Balaban J connectivity index is 1.42. The molecule has 2 aromatic heterocycles. The fourth-order valence-corrected chi connectivity index (χ4v) is 5.12. The second-order valence-corrected chi connectivity index (χ2v) is 9.92. The summed E-state index contributed by atoms with van der Waals surface area (Å²) in [6.07, 6.45) is 2.03. The number of rotatable bonds is 7. The number of aromatic nitrogens is 1. The lowest BCUT2D eigenvalue weighted by molar-refractivity contribution is -0.116. The number of anilines is 1. The summed E-state index contributed by atoms with van der Waals surface area (Å²) in [5.41, 5.74) is 4.67. The lowest BCUT2D eigenvalue weighted by atomic mass is 10.0. The molecule has 0 radical (unpaired) electrons. The molecule has 8 heteroatoms. The molecule has 6 nitrogen and oxygen atoms in total. The minimum atomic E-state index is -0.276. The van der Waals surface area contributed by atoms with Crippen LogP contribution in [0.4, 0.5) is 5.69 Å². The monoisotopic (exact) mass is 530 g/mol. The van der Waals surface area contributed by atoms with E-state index in [1.165, 1.54) is 0 Å². The second kappa shape index (κ2) is 10.7. The van der Waals surface area contributed by atoms with Crippen LogP contribution in [0, 0.1) is 13.8 Å². The van der Waals surface area contributed by atoms with Gasteiger partial charge in [-0.1, -0.05) is 41.9 Å². The quantitative estimate of drug-likeness (QED) is 0.262. The normalized spacial score (nSPS) is 17.1. The molecule has 1 aliphatic heterocycles. The molecule has 4 aromatic rings. The van der Waals surface area contributed by atoms with Gasteiger partial charge in [-0.15, -0.1) is 0 Å². The lowest BCUT2D eigenvalue weighted by Gasteiger charge is -2.26. The van der Waals surface area contributed by atoms with E-state index in [2.05, 4.69) is 15.6 Å². The highest BCUT2D eigenvalue weighted by Gasteiger charge is 2.41. The van der Waals surface area contributed by atoms with Gasteiger partial charge in [0.15, 0.2) is 5.11 Å². The molecular weight excluding hydrogens is 504 g/mol. The molecule has 0 saturated carbocycles. The van der Waals surface area contributed by atoms with Gasteiger partial charge in [-0.3, -0.25) is 9.78 Å².